The van der Waals surface area contributed by atoms with Gasteiger partial charge in [-0.25, -0.2) is 4.79 Å². The summed E-state index contributed by atoms with van der Waals surface area (Å²) < 4.78 is 5.35. The Kier molecular flexibility index (Phi) is 11.3. The number of unbranched alkanes of at least 4 members (excludes halogenated alkanes) is 1. The fourth-order valence-electron chi connectivity index (χ4n) is 3.83. The largest absolute Gasteiger partial charge is 0.444 e. The number of carbonyl (C=O) groups excluding carboxylic acids is 3. The highest BCUT2D eigenvalue weighted by Crippen LogP contribution is 2.30. The van der Waals surface area contributed by atoms with Crippen molar-refractivity contribution in [3.05, 3.63) is 64.2 Å². The van der Waals surface area contributed by atoms with Gasteiger partial charge in [-0.3, -0.25) is 9.59 Å². The number of nitrogens with one attached hydrogen (secondary N) is 2. The maximum Gasteiger partial charge on any atom is 0.408 e. The smallest absolute Gasteiger partial charge is 0.408 e. The van der Waals surface area contributed by atoms with Gasteiger partial charge >= 0.3 is 6.09 Å². The van der Waals surface area contributed by atoms with Crippen LogP contribution in [0.4, 0.5) is 10.5 Å². The molecule has 0 aliphatic rings. The number of aryl methyl sites for hydroxylation is 2. The number of halogens is 1. The lowest BCUT2D eigenvalue weighted by atomic mass is 10.00. The van der Waals surface area contributed by atoms with Crippen molar-refractivity contribution in [3.63, 3.8) is 0 Å². The molecule has 7 nitrogen and oxygen atoms in total. The fraction of sp³-hybridized carbons (Fsp3) is 0.464. The van der Waals surface area contributed by atoms with Gasteiger partial charge in [0.05, 0.1) is 10.7 Å². The first-order valence-corrected chi connectivity index (χ1v) is 13.4. The molecular weight excluding hydrogens is 510 g/mol. The second-order valence-corrected chi connectivity index (χ2v) is 10.8. The minimum atomic E-state index is -0.989. The van der Waals surface area contributed by atoms with Crippen LogP contribution in [0, 0.1) is 13.8 Å². The number of rotatable bonds is 10. The van der Waals surface area contributed by atoms with Crippen molar-refractivity contribution >= 4 is 47.8 Å². The van der Waals surface area contributed by atoms with Crippen LogP contribution in [-0.4, -0.2) is 46.7 Å². The number of anilines is 1. The Balaban J connectivity index is 2.51. The number of hydrogen-bond acceptors (Lipinski definition) is 5. The van der Waals surface area contributed by atoms with Crippen LogP contribution in [0.3, 0.4) is 0 Å². The predicted octanol–water partition coefficient (Wildman–Crippen LogP) is 6.09. The van der Waals surface area contributed by atoms with Gasteiger partial charge in [0.1, 0.15) is 17.7 Å². The summed E-state index contributed by atoms with van der Waals surface area (Å²) in [5, 5.41) is 5.97. The molecule has 2 aromatic carbocycles. The van der Waals surface area contributed by atoms with E-state index in [0.29, 0.717) is 29.2 Å². The standard InChI is InChI=1S/C28H38ClN3O4S/c1-7-8-15-32(26(34)22(17-37)30-27(35)36-28(4,5)6)24(20-13-9-11-18(2)16-20)25(33)31-23-19(3)12-10-14-21(23)29/h9-14,16,22,24,37H,7-8,15,17H2,1-6H3,(H,30,35)(H,31,33). The van der Waals surface area contributed by atoms with E-state index >= 15 is 0 Å². The third-order valence-corrected chi connectivity index (χ3v) is 6.28. The summed E-state index contributed by atoms with van der Waals surface area (Å²) in [6.07, 6.45) is 0.747. The number of alkyl carbamates (subject to hydrolysis) is 1. The van der Waals surface area contributed by atoms with E-state index in [1.54, 1.807) is 26.8 Å². The maximum absolute atomic E-state index is 13.9. The number of hydrogen-bond donors (Lipinski definition) is 3. The van der Waals surface area contributed by atoms with Gasteiger partial charge in [-0.05, 0) is 58.2 Å². The summed E-state index contributed by atoms with van der Waals surface area (Å²) >= 11 is 10.7. The quantitative estimate of drug-likeness (QED) is 0.314. The molecule has 2 aromatic rings. The zero-order valence-electron chi connectivity index (χ0n) is 22.4. The molecule has 0 aliphatic heterocycles. The molecule has 0 spiro atoms. The number of nitrogens with zero attached hydrogens (tertiary/aromatic N) is 1. The zero-order valence-corrected chi connectivity index (χ0v) is 24.1. The highest BCUT2D eigenvalue weighted by molar-refractivity contribution is 7.80. The van der Waals surface area contributed by atoms with Gasteiger partial charge in [-0.1, -0.05) is 66.9 Å². The normalized spacial score (nSPS) is 12.9. The third kappa shape index (κ3) is 8.97. The molecule has 0 radical (unpaired) electrons. The molecule has 2 unspecified atom stereocenters. The molecule has 2 rings (SSSR count). The van der Waals surface area contributed by atoms with E-state index in [-0.39, 0.29) is 5.75 Å². The average Bonchev–Trinajstić information content (AvgIpc) is 2.81. The summed E-state index contributed by atoms with van der Waals surface area (Å²) in [5.74, 6) is -0.791. The second kappa shape index (κ2) is 13.7. The molecule has 2 atom stereocenters. The molecule has 2 N–H and O–H groups in total. The van der Waals surface area contributed by atoms with Crippen molar-refractivity contribution < 1.29 is 19.1 Å². The second-order valence-electron chi connectivity index (χ2n) is 10.0. The van der Waals surface area contributed by atoms with Gasteiger partial charge < -0.3 is 20.3 Å². The van der Waals surface area contributed by atoms with Crippen molar-refractivity contribution in [1.82, 2.24) is 10.2 Å². The van der Waals surface area contributed by atoms with E-state index < -0.39 is 35.6 Å². The number of ether oxygens (including phenoxy) is 1. The SMILES string of the molecule is CCCCN(C(=O)C(CS)NC(=O)OC(C)(C)C)C(C(=O)Nc1c(C)cccc1Cl)c1cccc(C)c1. The van der Waals surface area contributed by atoms with Crippen LogP contribution in [0.1, 0.15) is 63.3 Å². The Hall–Kier alpha value is -2.71. The van der Waals surface area contributed by atoms with E-state index in [2.05, 4.69) is 23.3 Å². The molecule has 202 valence electrons. The molecule has 3 amide bonds. The number of benzene rings is 2. The van der Waals surface area contributed by atoms with Crippen LogP contribution in [0.15, 0.2) is 42.5 Å². The van der Waals surface area contributed by atoms with Gasteiger partial charge in [0.2, 0.25) is 5.91 Å². The summed E-state index contributed by atoms with van der Waals surface area (Å²) in [4.78, 5) is 41.7. The monoisotopic (exact) mass is 547 g/mol. The lowest BCUT2D eigenvalue weighted by Crippen LogP contribution is -2.53. The number of thiol groups is 1. The van der Waals surface area contributed by atoms with Gasteiger partial charge in [-0.15, -0.1) is 0 Å². The summed E-state index contributed by atoms with van der Waals surface area (Å²) in [5.41, 5.74) is 2.17. The molecule has 9 heteroatoms. The van der Waals surface area contributed by atoms with Crippen molar-refractivity contribution in [2.75, 3.05) is 17.6 Å². The topological polar surface area (TPSA) is 87.7 Å². The van der Waals surface area contributed by atoms with Crippen LogP contribution in [0.25, 0.3) is 0 Å². The van der Waals surface area contributed by atoms with E-state index in [9.17, 15) is 14.4 Å². The van der Waals surface area contributed by atoms with Gasteiger partial charge in [0.25, 0.3) is 5.91 Å². The molecular formula is C28H38ClN3O4S. The van der Waals surface area contributed by atoms with Crippen LogP contribution >= 0.6 is 24.2 Å². The van der Waals surface area contributed by atoms with E-state index in [0.717, 1.165) is 17.5 Å². The average molecular weight is 548 g/mol. The molecule has 37 heavy (non-hydrogen) atoms. The van der Waals surface area contributed by atoms with Crippen LogP contribution in [0.2, 0.25) is 5.02 Å². The molecule has 0 fully saturated rings. The van der Waals surface area contributed by atoms with Gasteiger partial charge in [-0.2, -0.15) is 12.6 Å². The highest BCUT2D eigenvalue weighted by atomic mass is 35.5. The van der Waals surface area contributed by atoms with E-state index in [1.165, 1.54) is 4.90 Å². The zero-order chi connectivity index (χ0) is 27.8. The summed E-state index contributed by atoms with van der Waals surface area (Å²) in [7, 11) is 0. The first kappa shape index (κ1) is 30.5. The highest BCUT2D eigenvalue weighted by Gasteiger charge is 2.36. The summed E-state index contributed by atoms with van der Waals surface area (Å²) in [6.45, 7) is 11.3. The predicted molar refractivity (Wildman–Crippen MR) is 152 cm³/mol. The Bertz CT molecular complexity index is 1080. The first-order chi connectivity index (χ1) is 17.4. The first-order valence-electron chi connectivity index (χ1n) is 12.4. The number of amides is 3. The van der Waals surface area contributed by atoms with E-state index in [4.69, 9.17) is 16.3 Å². The van der Waals surface area contributed by atoms with Crippen LogP contribution in [0.5, 0.6) is 0 Å². The lowest BCUT2D eigenvalue weighted by Gasteiger charge is -2.34. The molecule has 0 aliphatic carbocycles. The maximum atomic E-state index is 13.9. The summed E-state index contributed by atoms with van der Waals surface area (Å²) in [6, 6.07) is 10.9. The van der Waals surface area contributed by atoms with Crippen molar-refractivity contribution in [2.45, 2.75) is 72.1 Å². The van der Waals surface area contributed by atoms with Crippen molar-refractivity contribution in [1.29, 1.82) is 0 Å². The van der Waals surface area contributed by atoms with Crippen molar-refractivity contribution in [2.24, 2.45) is 0 Å². The Morgan fingerprint density at radius 2 is 1.78 bits per heavy atom. The van der Waals surface area contributed by atoms with Gasteiger partial charge in [0.15, 0.2) is 0 Å². The minimum absolute atomic E-state index is 0.0342. The van der Waals surface area contributed by atoms with E-state index in [1.807, 2.05) is 57.2 Å². The molecule has 0 heterocycles. The molecule has 0 saturated heterocycles. The van der Waals surface area contributed by atoms with Gasteiger partial charge in [0, 0.05) is 12.3 Å². The Morgan fingerprint density at radius 1 is 1.11 bits per heavy atom. The Labute approximate surface area is 230 Å². The number of para-hydroxylation sites is 1. The minimum Gasteiger partial charge on any atom is -0.444 e. The lowest BCUT2D eigenvalue weighted by molar-refractivity contribution is -0.140. The third-order valence-electron chi connectivity index (χ3n) is 5.60. The molecule has 0 bridgehead atoms. The Morgan fingerprint density at radius 3 is 2.35 bits per heavy atom. The van der Waals surface area contributed by atoms with Crippen LogP contribution in [-0.2, 0) is 14.3 Å². The molecule has 0 aromatic heterocycles. The van der Waals surface area contributed by atoms with Crippen LogP contribution < -0.4 is 10.6 Å². The fourth-order valence-corrected chi connectivity index (χ4v) is 4.34. The number of carbonyl (C=O) groups is 3. The molecule has 0 saturated carbocycles. The van der Waals surface area contributed by atoms with Crippen molar-refractivity contribution in [3.8, 4) is 0 Å².